The monoisotopic (exact) mass is 588 g/mol. The van der Waals surface area contributed by atoms with Crippen molar-refractivity contribution in [2.24, 2.45) is 0 Å². The summed E-state index contributed by atoms with van der Waals surface area (Å²) >= 11 is 0. The van der Waals surface area contributed by atoms with E-state index in [0.29, 0.717) is 0 Å². The van der Waals surface area contributed by atoms with Crippen LogP contribution in [0.2, 0.25) is 0 Å². The molecule has 0 radical (unpaired) electrons. The van der Waals surface area contributed by atoms with E-state index in [1.807, 2.05) is 12.1 Å². The van der Waals surface area contributed by atoms with E-state index >= 15 is 0 Å². The van der Waals surface area contributed by atoms with Gasteiger partial charge in [-0.15, -0.1) is 0 Å². The zero-order valence-corrected chi connectivity index (χ0v) is 24.6. The minimum Gasteiger partial charge on any atom is -0.456 e. The van der Waals surface area contributed by atoms with Crippen LogP contribution in [0.4, 0.5) is 0 Å². The number of aromatic nitrogens is 2. The summed E-state index contributed by atoms with van der Waals surface area (Å²) in [6.45, 7) is 0. The summed E-state index contributed by atoms with van der Waals surface area (Å²) in [6.07, 6.45) is 0. The Labute approximate surface area is 261 Å². The van der Waals surface area contributed by atoms with Gasteiger partial charge in [-0.25, -0.2) is 0 Å². The molecule has 0 bridgehead atoms. The highest BCUT2D eigenvalue weighted by Gasteiger charge is 2.20. The highest BCUT2D eigenvalue weighted by Crippen LogP contribution is 2.42. The first kappa shape index (κ1) is 24.1. The van der Waals surface area contributed by atoms with E-state index in [2.05, 4.69) is 143 Å². The molecule has 4 heteroatoms. The molecule has 0 aliphatic heterocycles. The maximum atomic E-state index is 6.49. The van der Waals surface area contributed by atoms with Crippen molar-refractivity contribution in [1.29, 1.82) is 0 Å². The van der Waals surface area contributed by atoms with E-state index in [9.17, 15) is 0 Å². The van der Waals surface area contributed by atoms with E-state index in [4.69, 9.17) is 8.83 Å². The van der Waals surface area contributed by atoms with E-state index in [-0.39, 0.29) is 0 Å². The van der Waals surface area contributed by atoms with Gasteiger partial charge in [-0.05, 0) is 72.8 Å². The molecule has 0 aliphatic carbocycles. The number of fused-ring (bicyclic) bond motifs is 13. The molecule has 0 amide bonds. The number of nitrogens with zero attached hydrogens (tertiary/aromatic N) is 2. The number of furan rings is 2. The second-order valence-electron chi connectivity index (χ2n) is 12.1. The van der Waals surface area contributed by atoms with Crippen LogP contribution in [0, 0.1) is 0 Å². The molecule has 0 aliphatic rings. The summed E-state index contributed by atoms with van der Waals surface area (Å²) in [5.41, 5.74) is 10.4. The summed E-state index contributed by atoms with van der Waals surface area (Å²) in [6, 6.07) is 51.6. The van der Waals surface area contributed by atoms with Gasteiger partial charge in [0.05, 0.1) is 22.1 Å². The third-order valence-corrected chi connectivity index (χ3v) is 9.71. The van der Waals surface area contributed by atoms with Crippen molar-refractivity contribution in [3.63, 3.8) is 0 Å². The molecule has 0 atom stereocenters. The molecule has 0 saturated carbocycles. The lowest BCUT2D eigenvalue weighted by Gasteiger charge is -2.08. The zero-order chi connectivity index (χ0) is 29.9. The molecule has 4 nitrogen and oxygen atoms in total. The standard InChI is InChI=1S/C42H24N2O2/c1-5-13-33-27(9-1)28-10-2-6-14-34(28)43(33)25-17-19-37-31(23-25)41-39(45-37)21-22-40-42(41)32-24-26(18-20-38(32)46-40)44-35-15-7-3-11-29(35)30-12-4-8-16-36(30)44/h1-24H. The summed E-state index contributed by atoms with van der Waals surface area (Å²) in [5.74, 6) is 0. The van der Waals surface area contributed by atoms with Gasteiger partial charge >= 0.3 is 0 Å². The van der Waals surface area contributed by atoms with Gasteiger partial charge in [-0.3, -0.25) is 0 Å². The molecule has 4 heterocycles. The van der Waals surface area contributed by atoms with E-state index in [1.54, 1.807) is 0 Å². The number of hydrogen-bond acceptors (Lipinski definition) is 2. The fourth-order valence-electron chi connectivity index (χ4n) is 7.79. The molecule has 7 aromatic carbocycles. The molecular weight excluding hydrogens is 564 g/mol. The number of para-hydroxylation sites is 4. The van der Waals surface area contributed by atoms with Crippen molar-refractivity contribution in [2.45, 2.75) is 0 Å². The third kappa shape index (κ3) is 3.07. The van der Waals surface area contributed by atoms with Crippen molar-refractivity contribution in [2.75, 3.05) is 0 Å². The van der Waals surface area contributed by atoms with Gasteiger partial charge in [0.2, 0.25) is 0 Å². The van der Waals surface area contributed by atoms with Crippen LogP contribution in [-0.2, 0) is 0 Å². The van der Waals surface area contributed by atoms with Gasteiger partial charge in [0.1, 0.15) is 22.3 Å². The Bertz CT molecular complexity index is 2730. The first-order valence-corrected chi connectivity index (χ1v) is 15.6. The van der Waals surface area contributed by atoms with Crippen LogP contribution in [0.15, 0.2) is 154 Å². The van der Waals surface area contributed by atoms with Gasteiger partial charge in [-0.1, -0.05) is 72.8 Å². The molecule has 4 aromatic heterocycles. The lowest BCUT2D eigenvalue weighted by molar-refractivity contribution is 0.663. The van der Waals surface area contributed by atoms with Crippen LogP contribution in [0.25, 0.3) is 98.9 Å². The lowest BCUT2D eigenvalue weighted by Crippen LogP contribution is -1.93. The van der Waals surface area contributed by atoms with E-state index in [0.717, 1.165) is 55.3 Å². The van der Waals surface area contributed by atoms with Crippen molar-refractivity contribution in [3.8, 4) is 11.4 Å². The molecule has 0 unspecified atom stereocenters. The maximum absolute atomic E-state index is 6.49. The molecular formula is C42H24N2O2. The molecule has 46 heavy (non-hydrogen) atoms. The summed E-state index contributed by atoms with van der Waals surface area (Å²) in [5, 5.41) is 9.29. The van der Waals surface area contributed by atoms with Gasteiger partial charge < -0.3 is 18.0 Å². The lowest BCUT2D eigenvalue weighted by atomic mass is 10.0. The molecule has 0 fully saturated rings. The minimum atomic E-state index is 0.854. The maximum Gasteiger partial charge on any atom is 0.136 e. The first-order chi connectivity index (χ1) is 22.8. The first-order valence-electron chi connectivity index (χ1n) is 15.6. The predicted molar refractivity (Wildman–Crippen MR) is 190 cm³/mol. The normalized spacial score (nSPS) is 12.3. The molecule has 11 aromatic rings. The minimum absolute atomic E-state index is 0.854. The topological polar surface area (TPSA) is 36.1 Å². The van der Waals surface area contributed by atoms with Gasteiger partial charge in [0.15, 0.2) is 0 Å². The number of benzene rings is 7. The van der Waals surface area contributed by atoms with Crippen LogP contribution in [0.1, 0.15) is 0 Å². The zero-order valence-electron chi connectivity index (χ0n) is 24.6. The summed E-state index contributed by atoms with van der Waals surface area (Å²) < 4.78 is 17.7. The van der Waals surface area contributed by atoms with Gasteiger partial charge in [-0.2, -0.15) is 0 Å². The Morgan fingerprint density at radius 2 is 0.630 bits per heavy atom. The van der Waals surface area contributed by atoms with Crippen LogP contribution in [0.5, 0.6) is 0 Å². The quantitative estimate of drug-likeness (QED) is 0.201. The van der Waals surface area contributed by atoms with Crippen LogP contribution in [-0.4, -0.2) is 9.13 Å². The van der Waals surface area contributed by atoms with Gasteiger partial charge in [0.25, 0.3) is 0 Å². The van der Waals surface area contributed by atoms with Crippen LogP contribution >= 0.6 is 0 Å². The molecule has 0 saturated heterocycles. The molecule has 0 spiro atoms. The Morgan fingerprint density at radius 1 is 0.304 bits per heavy atom. The number of rotatable bonds is 2. The molecule has 214 valence electrons. The number of hydrogen-bond donors (Lipinski definition) is 0. The smallest absolute Gasteiger partial charge is 0.136 e. The Morgan fingerprint density at radius 3 is 1.00 bits per heavy atom. The Balaban J connectivity index is 1.22. The average Bonchev–Trinajstić information content (AvgIpc) is 3.85. The largest absolute Gasteiger partial charge is 0.456 e. The molecule has 0 N–H and O–H groups in total. The van der Waals surface area contributed by atoms with Crippen molar-refractivity contribution in [1.82, 2.24) is 9.13 Å². The Kier molecular flexibility index (Phi) is 4.55. The second kappa shape index (κ2) is 8.68. The SMILES string of the molecule is c1ccc2c(c1)c1ccccc1n2-c1ccc2oc3ccc4oc5ccc(-n6c7ccccc7c7ccccc76)cc5c4c3c2c1. The van der Waals surface area contributed by atoms with Gasteiger partial charge in [0, 0.05) is 54.5 Å². The van der Waals surface area contributed by atoms with Crippen molar-refractivity contribution >= 4 is 87.5 Å². The fraction of sp³-hybridized carbons (Fsp3) is 0. The predicted octanol–water partition coefficient (Wildman–Crippen LogP) is 11.7. The van der Waals surface area contributed by atoms with E-state index in [1.165, 1.54) is 43.6 Å². The Hall–Kier alpha value is -6.26. The summed E-state index contributed by atoms with van der Waals surface area (Å²) in [7, 11) is 0. The third-order valence-electron chi connectivity index (χ3n) is 9.71. The average molecular weight is 589 g/mol. The van der Waals surface area contributed by atoms with Crippen LogP contribution < -0.4 is 0 Å². The highest BCUT2D eigenvalue weighted by atomic mass is 16.3. The molecule has 11 rings (SSSR count). The second-order valence-corrected chi connectivity index (χ2v) is 12.1. The van der Waals surface area contributed by atoms with Crippen LogP contribution in [0.3, 0.4) is 0 Å². The summed E-state index contributed by atoms with van der Waals surface area (Å²) in [4.78, 5) is 0. The fourth-order valence-corrected chi connectivity index (χ4v) is 7.79. The highest BCUT2D eigenvalue weighted by molar-refractivity contribution is 6.26. The van der Waals surface area contributed by atoms with E-state index < -0.39 is 0 Å². The van der Waals surface area contributed by atoms with Crippen molar-refractivity contribution in [3.05, 3.63) is 146 Å². The van der Waals surface area contributed by atoms with Crippen molar-refractivity contribution < 1.29 is 8.83 Å².